The molecule has 3 aliphatic carbocycles. The summed E-state index contributed by atoms with van der Waals surface area (Å²) in [5.74, 6) is -2.73. The Kier molecular flexibility index (Phi) is 14.6. The van der Waals surface area contributed by atoms with Gasteiger partial charge in [-0.25, -0.2) is 0 Å². The van der Waals surface area contributed by atoms with Gasteiger partial charge in [0.15, 0.2) is 18.4 Å². The van der Waals surface area contributed by atoms with Crippen LogP contribution in [0, 0.1) is 35.5 Å². The van der Waals surface area contributed by atoms with E-state index < -0.39 is 60.8 Å². The van der Waals surface area contributed by atoms with Crippen LogP contribution in [0.5, 0.6) is 0 Å². The van der Waals surface area contributed by atoms with Gasteiger partial charge in [-0.3, -0.25) is 9.59 Å². The molecule has 0 aromatic rings. The monoisotopic (exact) mass is 790 g/mol. The number of rotatable bonds is 10. The number of nitrogens with zero attached hydrogens (tertiary/aromatic N) is 4. The summed E-state index contributed by atoms with van der Waals surface area (Å²) < 4.78 is 49.4. The highest BCUT2D eigenvalue weighted by atomic mass is 16.7. The van der Waals surface area contributed by atoms with Crippen LogP contribution in [-0.2, 0) is 47.5 Å². The van der Waals surface area contributed by atoms with E-state index in [-0.39, 0.29) is 72.5 Å². The second-order valence-electron chi connectivity index (χ2n) is 17.3. The van der Waals surface area contributed by atoms with Gasteiger partial charge in [0.1, 0.15) is 24.4 Å². The molecule has 19 atom stereocenters. The minimum atomic E-state index is -1.09. The molecule has 0 spiro atoms. The van der Waals surface area contributed by atoms with Crippen molar-refractivity contribution in [3.63, 3.8) is 0 Å². The van der Waals surface area contributed by atoms with E-state index in [0.29, 0.717) is 37.7 Å². The van der Waals surface area contributed by atoms with Crippen molar-refractivity contribution in [2.24, 2.45) is 40.6 Å². The third-order valence-electron chi connectivity index (χ3n) is 14.0. The molecule has 0 radical (unpaired) electrons. The SMILES string of the molecule is CC[C@H]1CCC[C@H](O[C@H]2CC[C@H](N(C)C)C(C)O2)[C@@H](C)C(=O)C2=C[C@H]3[C@@H]4C[C@H](O[C@@H]5OC(C)[C@H](OC)C(OC)C5OC)C[C@H]4C(N=[N+]=[N-])C(O)[C@H]3[C@@H]2CC(=O)O1. The number of fused-ring (bicyclic) bond motifs is 5. The van der Waals surface area contributed by atoms with Crippen LogP contribution in [-0.4, -0.2) is 137 Å². The van der Waals surface area contributed by atoms with Crippen molar-refractivity contribution in [1.82, 2.24) is 4.90 Å². The lowest BCUT2D eigenvalue weighted by atomic mass is 9.63. The minimum absolute atomic E-state index is 0.0234. The normalized spacial score (nSPS) is 46.1. The molecule has 15 nitrogen and oxygen atoms in total. The first-order valence-electron chi connectivity index (χ1n) is 20.9. The largest absolute Gasteiger partial charge is 0.462 e. The number of Topliss-reactive ketones (excluding diaryl/α,β-unsaturated/α-hetero) is 1. The number of methoxy groups -OCH3 is 3. The first-order valence-corrected chi connectivity index (χ1v) is 20.9. The first kappa shape index (κ1) is 43.4. The van der Waals surface area contributed by atoms with E-state index in [9.17, 15) is 20.2 Å². The third kappa shape index (κ3) is 8.73. The van der Waals surface area contributed by atoms with Gasteiger partial charge >= 0.3 is 5.97 Å². The number of ketones is 1. The standard InChI is InChI=1S/C41H66N4O11/c1-10-23-12-11-13-31(56-33-15-14-30(45(5)6)21(3)52-33)20(2)36(47)29-18-26-25-16-24(55-41-40(51-9)39(50-8)38(49-7)22(4)53-41)17-28(25)35(43-44-42)37(48)34(26)27(29)19-32(46)54-23/h18,20-28,30-31,33-35,37-41,48H,10-17,19H2,1-9H3/t20-,21?,22?,23+,24+,25+,26+,27-,28-,30+,31+,33+,34-,35?,37?,38+,39?,40?,41+/m1/s1. The number of likely N-dealkylation sites (N-methyl/N-ethyl adjacent to an activating group) is 1. The zero-order valence-corrected chi connectivity index (χ0v) is 34.7. The van der Waals surface area contributed by atoms with Crippen molar-refractivity contribution in [2.45, 2.75) is 165 Å². The number of ether oxygens (including phenoxy) is 8. The lowest BCUT2D eigenvalue weighted by molar-refractivity contribution is -0.314. The van der Waals surface area contributed by atoms with Gasteiger partial charge in [0.2, 0.25) is 0 Å². The molecule has 3 saturated heterocycles. The van der Waals surface area contributed by atoms with Crippen LogP contribution in [0.25, 0.3) is 10.4 Å². The molecule has 0 aromatic carbocycles. The van der Waals surface area contributed by atoms with Crippen molar-refractivity contribution < 1.29 is 52.6 Å². The lowest BCUT2D eigenvalue weighted by Crippen LogP contribution is -2.59. The molecule has 6 aliphatic rings. The van der Waals surface area contributed by atoms with Crippen LogP contribution >= 0.6 is 0 Å². The zero-order chi connectivity index (χ0) is 40.4. The van der Waals surface area contributed by atoms with Crippen molar-refractivity contribution in [2.75, 3.05) is 35.4 Å². The molecule has 5 fully saturated rings. The Morgan fingerprint density at radius 1 is 0.929 bits per heavy atom. The second kappa shape index (κ2) is 18.8. The molecule has 316 valence electrons. The summed E-state index contributed by atoms with van der Waals surface area (Å²) in [6.07, 6.45) is 2.37. The number of carbonyl (C=O) groups excluding carboxylic acids is 2. The fraction of sp³-hybridized carbons (Fsp3) is 0.902. The number of allylic oxidation sites excluding steroid dienone is 2. The number of hydrogen-bond acceptors (Lipinski definition) is 13. The Morgan fingerprint density at radius 2 is 1.64 bits per heavy atom. The van der Waals surface area contributed by atoms with E-state index in [4.69, 9.17) is 37.9 Å². The molecule has 6 unspecified atom stereocenters. The van der Waals surface area contributed by atoms with E-state index in [2.05, 4.69) is 35.9 Å². The fourth-order valence-corrected chi connectivity index (χ4v) is 11.2. The van der Waals surface area contributed by atoms with Crippen LogP contribution in [0.2, 0.25) is 0 Å². The Hall–Kier alpha value is -2.17. The summed E-state index contributed by atoms with van der Waals surface area (Å²) in [5, 5.41) is 16.3. The van der Waals surface area contributed by atoms with Gasteiger partial charge in [-0.15, -0.1) is 0 Å². The summed E-state index contributed by atoms with van der Waals surface area (Å²) in [6.45, 7) is 7.90. The molecule has 15 heteroatoms. The van der Waals surface area contributed by atoms with Gasteiger partial charge in [-0.05, 0) is 114 Å². The van der Waals surface area contributed by atoms with Crippen LogP contribution in [0.4, 0.5) is 0 Å². The molecular formula is C41H66N4O11. The third-order valence-corrected chi connectivity index (χ3v) is 14.0. The van der Waals surface area contributed by atoms with Gasteiger partial charge < -0.3 is 47.9 Å². The molecule has 3 aliphatic heterocycles. The maximum absolute atomic E-state index is 14.8. The number of esters is 1. The fourth-order valence-electron chi connectivity index (χ4n) is 11.2. The molecule has 0 amide bonds. The summed E-state index contributed by atoms with van der Waals surface area (Å²) in [4.78, 5) is 33.9. The highest BCUT2D eigenvalue weighted by Gasteiger charge is 2.59. The summed E-state index contributed by atoms with van der Waals surface area (Å²) in [5.41, 5.74) is 10.3. The Balaban J connectivity index is 1.28. The smallest absolute Gasteiger partial charge is 0.306 e. The van der Waals surface area contributed by atoms with E-state index >= 15 is 0 Å². The van der Waals surface area contributed by atoms with Crippen LogP contribution < -0.4 is 0 Å². The molecule has 0 aromatic heterocycles. The van der Waals surface area contributed by atoms with E-state index in [1.807, 2.05) is 26.8 Å². The number of aliphatic hydroxyl groups is 1. The molecule has 2 saturated carbocycles. The zero-order valence-electron chi connectivity index (χ0n) is 34.7. The van der Waals surface area contributed by atoms with Gasteiger partial charge in [-0.2, -0.15) is 0 Å². The molecule has 1 N–H and O–H groups in total. The number of hydrogen-bond donors (Lipinski definition) is 1. The maximum Gasteiger partial charge on any atom is 0.306 e. The highest BCUT2D eigenvalue weighted by molar-refractivity contribution is 5.99. The van der Waals surface area contributed by atoms with E-state index in [1.165, 1.54) is 0 Å². The Labute approximate surface area is 332 Å². The van der Waals surface area contributed by atoms with E-state index in [1.54, 1.807) is 21.3 Å². The predicted molar refractivity (Wildman–Crippen MR) is 204 cm³/mol. The summed E-state index contributed by atoms with van der Waals surface area (Å²) >= 11 is 0. The number of azide groups is 1. The molecular weight excluding hydrogens is 724 g/mol. The Bertz CT molecular complexity index is 1440. The van der Waals surface area contributed by atoms with Gasteiger partial charge in [0.05, 0.1) is 43.0 Å². The highest BCUT2D eigenvalue weighted by Crippen LogP contribution is 2.57. The van der Waals surface area contributed by atoms with Crippen LogP contribution in [0.3, 0.4) is 0 Å². The minimum Gasteiger partial charge on any atom is -0.462 e. The average molecular weight is 791 g/mol. The van der Waals surface area contributed by atoms with Gasteiger partial charge in [-0.1, -0.05) is 25.0 Å². The molecule has 6 rings (SSSR count). The van der Waals surface area contributed by atoms with Crippen molar-refractivity contribution in [1.29, 1.82) is 0 Å². The molecule has 0 bridgehead atoms. The quantitative estimate of drug-likeness (QED) is 0.136. The summed E-state index contributed by atoms with van der Waals surface area (Å²) in [7, 11) is 8.92. The van der Waals surface area contributed by atoms with Crippen LogP contribution in [0.15, 0.2) is 16.8 Å². The predicted octanol–water partition coefficient (Wildman–Crippen LogP) is 4.97. The summed E-state index contributed by atoms with van der Waals surface area (Å²) in [6, 6.07) is -0.490. The van der Waals surface area contributed by atoms with Crippen molar-refractivity contribution >= 4 is 11.8 Å². The van der Waals surface area contributed by atoms with E-state index in [0.717, 1.165) is 19.3 Å². The molecule has 56 heavy (non-hydrogen) atoms. The maximum atomic E-state index is 14.8. The topological polar surface area (TPSA) is 180 Å². The van der Waals surface area contributed by atoms with Gasteiger partial charge in [0, 0.05) is 44.1 Å². The average Bonchev–Trinajstić information content (AvgIpc) is 3.76. The first-order chi connectivity index (χ1) is 26.8. The van der Waals surface area contributed by atoms with Crippen molar-refractivity contribution in [3.05, 3.63) is 22.1 Å². The van der Waals surface area contributed by atoms with Gasteiger partial charge in [0.25, 0.3) is 0 Å². The molecule has 3 heterocycles. The number of carbonyl (C=O) groups is 2. The second-order valence-corrected chi connectivity index (χ2v) is 17.3. The van der Waals surface area contributed by atoms with Crippen LogP contribution in [0.1, 0.15) is 85.5 Å². The number of aliphatic hydroxyl groups excluding tert-OH is 1. The lowest BCUT2D eigenvalue weighted by Gasteiger charge is -2.45. The number of cyclic esters (lactones) is 1. The Morgan fingerprint density at radius 3 is 2.29 bits per heavy atom. The van der Waals surface area contributed by atoms with Crippen molar-refractivity contribution in [3.8, 4) is 0 Å².